The van der Waals surface area contributed by atoms with E-state index in [1.807, 2.05) is 30.3 Å². The van der Waals surface area contributed by atoms with Gasteiger partial charge in [0.05, 0.1) is 0 Å². The second kappa shape index (κ2) is 8.84. The fourth-order valence-corrected chi connectivity index (χ4v) is 1.70. The molecule has 0 aliphatic carbocycles. The van der Waals surface area contributed by atoms with Gasteiger partial charge in [-0.25, -0.2) is 0 Å². The van der Waals surface area contributed by atoms with Crippen molar-refractivity contribution in [2.75, 3.05) is 0 Å². The predicted octanol–water partition coefficient (Wildman–Crippen LogP) is 3.76. The van der Waals surface area contributed by atoms with Crippen molar-refractivity contribution in [3.63, 3.8) is 0 Å². The zero-order valence-electron chi connectivity index (χ0n) is 10.7. The van der Waals surface area contributed by atoms with Gasteiger partial charge in [0, 0.05) is 5.56 Å². The first-order valence-electron chi connectivity index (χ1n) is 6.57. The smallest absolute Gasteiger partial charge is 0.115 e. The van der Waals surface area contributed by atoms with Gasteiger partial charge in [-0.3, -0.25) is 0 Å². The van der Waals surface area contributed by atoms with Gasteiger partial charge in [-0.15, -0.1) is 0 Å². The minimum Gasteiger partial charge on any atom is -0.380 e. The summed E-state index contributed by atoms with van der Waals surface area (Å²) >= 11 is 0. The third-order valence-electron chi connectivity index (χ3n) is 2.74. The van der Waals surface area contributed by atoms with Gasteiger partial charge >= 0.3 is 0 Å². The maximum atomic E-state index is 9.69. The topological polar surface area (TPSA) is 20.2 Å². The molecule has 0 heterocycles. The molecule has 1 aromatic carbocycles. The Labute approximate surface area is 105 Å². The Hall–Kier alpha value is -1.26. The molecule has 1 rings (SSSR count). The van der Waals surface area contributed by atoms with Gasteiger partial charge < -0.3 is 5.11 Å². The fourth-order valence-electron chi connectivity index (χ4n) is 1.70. The lowest BCUT2D eigenvalue weighted by Gasteiger charge is -2.02. The molecule has 92 valence electrons. The van der Waals surface area contributed by atoms with Crippen LogP contribution in [-0.2, 0) is 0 Å². The Bertz CT molecular complexity index is 345. The van der Waals surface area contributed by atoms with Gasteiger partial charge in [-0.05, 0) is 25.0 Å². The molecule has 1 atom stereocenters. The molecule has 1 nitrogen and oxygen atoms in total. The standard InChI is InChI=1S/C16H22O/c1-2-3-4-5-9-12-16(17)14-13-15-10-7-6-8-11-15/h6-8,10-11,16-17H,2-5,9,12H2,1H3/t16-/m1/s1. The van der Waals surface area contributed by atoms with Crippen molar-refractivity contribution in [1.29, 1.82) is 0 Å². The SMILES string of the molecule is CCCCCCC[C@@H](O)C#Cc1ccccc1. The quantitative estimate of drug-likeness (QED) is 0.583. The molecule has 0 amide bonds. The minimum absolute atomic E-state index is 0.475. The molecule has 0 aromatic heterocycles. The summed E-state index contributed by atoms with van der Waals surface area (Å²) in [5.74, 6) is 5.89. The largest absolute Gasteiger partial charge is 0.380 e. The molecule has 0 aliphatic heterocycles. The fraction of sp³-hybridized carbons (Fsp3) is 0.500. The van der Waals surface area contributed by atoms with Crippen LogP contribution < -0.4 is 0 Å². The summed E-state index contributed by atoms with van der Waals surface area (Å²) in [5, 5.41) is 9.69. The molecule has 0 fully saturated rings. The van der Waals surface area contributed by atoms with Crippen molar-refractivity contribution in [3.8, 4) is 11.8 Å². The van der Waals surface area contributed by atoms with E-state index in [4.69, 9.17) is 0 Å². The first kappa shape index (κ1) is 13.8. The first-order chi connectivity index (χ1) is 8.33. The molecular formula is C16H22O. The van der Waals surface area contributed by atoms with Gasteiger partial charge in [0.1, 0.15) is 6.10 Å². The van der Waals surface area contributed by atoms with E-state index in [1.165, 1.54) is 25.7 Å². The maximum absolute atomic E-state index is 9.69. The van der Waals surface area contributed by atoms with Crippen LogP contribution in [0, 0.1) is 11.8 Å². The molecule has 17 heavy (non-hydrogen) atoms. The Kier molecular flexibility index (Phi) is 7.18. The van der Waals surface area contributed by atoms with Gasteiger partial charge in [0.25, 0.3) is 0 Å². The van der Waals surface area contributed by atoms with Crippen molar-refractivity contribution >= 4 is 0 Å². The van der Waals surface area contributed by atoms with E-state index in [2.05, 4.69) is 18.8 Å². The summed E-state index contributed by atoms with van der Waals surface area (Å²) in [4.78, 5) is 0. The van der Waals surface area contributed by atoms with Crippen molar-refractivity contribution < 1.29 is 5.11 Å². The molecule has 0 saturated carbocycles. The molecule has 0 unspecified atom stereocenters. The van der Waals surface area contributed by atoms with Crippen LogP contribution in [0.1, 0.15) is 51.0 Å². The summed E-state index contributed by atoms with van der Waals surface area (Å²) in [6, 6.07) is 9.81. The Morgan fingerprint density at radius 1 is 1.06 bits per heavy atom. The van der Waals surface area contributed by atoms with E-state index in [0.717, 1.165) is 18.4 Å². The van der Waals surface area contributed by atoms with Crippen molar-refractivity contribution in [2.24, 2.45) is 0 Å². The monoisotopic (exact) mass is 230 g/mol. The highest BCUT2D eigenvalue weighted by molar-refractivity contribution is 5.34. The average molecular weight is 230 g/mol. The van der Waals surface area contributed by atoms with E-state index < -0.39 is 6.10 Å². The highest BCUT2D eigenvalue weighted by Gasteiger charge is 1.98. The molecular weight excluding hydrogens is 208 g/mol. The van der Waals surface area contributed by atoms with E-state index in [1.54, 1.807) is 0 Å². The Morgan fingerprint density at radius 3 is 2.47 bits per heavy atom. The van der Waals surface area contributed by atoms with Crippen LogP contribution in [-0.4, -0.2) is 11.2 Å². The zero-order chi connectivity index (χ0) is 12.3. The number of hydrogen-bond acceptors (Lipinski definition) is 1. The van der Waals surface area contributed by atoms with Gasteiger partial charge in [-0.1, -0.05) is 62.6 Å². The third-order valence-corrected chi connectivity index (χ3v) is 2.74. The third kappa shape index (κ3) is 6.81. The summed E-state index contributed by atoms with van der Waals surface area (Å²) in [6.07, 6.45) is 6.43. The second-order valence-corrected chi connectivity index (χ2v) is 4.35. The van der Waals surface area contributed by atoms with Crippen molar-refractivity contribution in [1.82, 2.24) is 0 Å². The lowest BCUT2D eigenvalue weighted by atomic mass is 10.1. The molecule has 0 bridgehead atoms. The van der Waals surface area contributed by atoms with E-state index in [-0.39, 0.29) is 0 Å². The number of hydrogen-bond donors (Lipinski definition) is 1. The van der Waals surface area contributed by atoms with E-state index >= 15 is 0 Å². The Morgan fingerprint density at radius 2 is 1.76 bits per heavy atom. The van der Waals surface area contributed by atoms with Gasteiger partial charge in [0.15, 0.2) is 0 Å². The normalized spacial score (nSPS) is 11.6. The van der Waals surface area contributed by atoms with Crippen LogP contribution >= 0.6 is 0 Å². The zero-order valence-corrected chi connectivity index (χ0v) is 10.7. The number of unbranched alkanes of at least 4 members (excludes halogenated alkanes) is 4. The Balaban J connectivity index is 2.21. The van der Waals surface area contributed by atoms with Crippen LogP contribution in [0.2, 0.25) is 0 Å². The highest BCUT2D eigenvalue weighted by Crippen LogP contribution is 2.07. The number of aliphatic hydroxyl groups is 1. The second-order valence-electron chi connectivity index (χ2n) is 4.35. The maximum Gasteiger partial charge on any atom is 0.115 e. The molecule has 0 saturated heterocycles. The lowest BCUT2D eigenvalue weighted by molar-refractivity contribution is 0.217. The first-order valence-corrected chi connectivity index (χ1v) is 6.57. The van der Waals surface area contributed by atoms with Crippen molar-refractivity contribution in [2.45, 2.75) is 51.6 Å². The van der Waals surface area contributed by atoms with E-state index in [9.17, 15) is 5.11 Å². The predicted molar refractivity (Wildman–Crippen MR) is 72.7 cm³/mol. The van der Waals surface area contributed by atoms with Gasteiger partial charge in [-0.2, -0.15) is 0 Å². The molecule has 1 aromatic rings. The van der Waals surface area contributed by atoms with Crippen LogP contribution in [0.4, 0.5) is 0 Å². The minimum atomic E-state index is -0.475. The molecule has 0 aliphatic rings. The summed E-state index contributed by atoms with van der Waals surface area (Å²) in [5.41, 5.74) is 0.970. The summed E-state index contributed by atoms with van der Waals surface area (Å²) < 4.78 is 0. The van der Waals surface area contributed by atoms with Crippen LogP contribution in [0.5, 0.6) is 0 Å². The number of rotatable bonds is 6. The van der Waals surface area contributed by atoms with Crippen LogP contribution in [0.15, 0.2) is 30.3 Å². The summed E-state index contributed by atoms with van der Waals surface area (Å²) in [7, 11) is 0. The number of aliphatic hydroxyl groups excluding tert-OH is 1. The highest BCUT2D eigenvalue weighted by atomic mass is 16.3. The lowest BCUT2D eigenvalue weighted by Crippen LogP contribution is -2.02. The van der Waals surface area contributed by atoms with Crippen molar-refractivity contribution in [3.05, 3.63) is 35.9 Å². The average Bonchev–Trinajstić information content (AvgIpc) is 2.37. The molecule has 1 N–H and O–H groups in total. The van der Waals surface area contributed by atoms with Crippen LogP contribution in [0.25, 0.3) is 0 Å². The van der Waals surface area contributed by atoms with E-state index in [0.29, 0.717) is 0 Å². The number of benzene rings is 1. The molecule has 0 radical (unpaired) electrons. The molecule has 0 spiro atoms. The van der Waals surface area contributed by atoms with Crippen LogP contribution in [0.3, 0.4) is 0 Å². The summed E-state index contributed by atoms with van der Waals surface area (Å²) in [6.45, 7) is 2.21. The molecule has 1 heteroatoms. The van der Waals surface area contributed by atoms with Gasteiger partial charge in [0.2, 0.25) is 0 Å².